The van der Waals surface area contributed by atoms with Crippen molar-refractivity contribution in [3.63, 3.8) is 0 Å². The van der Waals surface area contributed by atoms with E-state index in [4.69, 9.17) is 0 Å². The van der Waals surface area contributed by atoms with Crippen molar-refractivity contribution in [3.05, 3.63) is 168 Å². The minimum absolute atomic E-state index is 0.576. The molecule has 0 unspecified atom stereocenters. The molecule has 0 spiro atoms. The van der Waals surface area contributed by atoms with Gasteiger partial charge in [-0.25, -0.2) is 0 Å². The second-order valence-electron chi connectivity index (χ2n) is 12.3. The third-order valence-electron chi connectivity index (χ3n) is 9.60. The molecule has 0 aliphatic heterocycles. The van der Waals surface area contributed by atoms with E-state index >= 15 is 0 Å². The summed E-state index contributed by atoms with van der Waals surface area (Å²) in [4.78, 5) is 0. The van der Waals surface area contributed by atoms with Gasteiger partial charge in [0.2, 0.25) is 0 Å². The molecule has 5 nitrogen and oxygen atoms in total. The van der Waals surface area contributed by atoms with Crippen molar-refractivity contribution in [3.8, 4) is 51.8 Å². The van der Waals surface area contributed by atoms with Gasteiger partial charge in [-0.2, -0.15) is 15.8 Å². The fourth-order valence-corrected chi connectivity index (χ4v) is 7.42. The number of hydrogen-bond donors (Lipinski definition) is 0. The van der Waals surface area contributed by atoms with E-state index in [1.807, 2.05) is 72.8 Å². The third kappa shape index (κ3) is 4.38. The first-order valence-electron chi connectivity index (χ1n) is 16.3. The smallest absolute Gasteiger partial charge is 0.0998 e. The molecule has 0 saturated carbocycles. The van der Waals surface area contributed by atoms with Gasteiger partial charge in [-0.05, 0) is 95.6 Å². The highest BCUT2D eigenvalue weighted by Gasteiger charge is 2.18. The SMILES string of the molecule is N#Cc1ccc(-n2c3ccccc3c3cc(C#N)ccc32)c(-c2cccc(-c3cccc(-n4c5ccccc5c5c(C#N)cccc54)c3)c2)c1. The molecular formula is C45H25N5. The molecule has 2 heterocycles. The highest BCUT2D eigenvalue weighted by molar-refractivity contribution is 6.12. The normalized spacial score (nSPS) is 11.1. The molecular weight excluding hydrogens is 611 g/mol. The summed E-state index contributed by atoms with van der Waals surface area (Å²) in [5.74, 6) is 0. The highest BCUT2D eigenvalue weighted by Crippen LogP contribution is 2.39. The molecule has 230 valence electrons. The molecule has 0 bridgehead atoms. The Balaban J connectivity index is 1.23. The summed E-state index contributed by atoms with van der Waals surface area (Å²) in [6.45, 7) is 0. The molecule has 0 N–H and O–H groups in total. The topological polar surface area (TPSA) is 81.2 Å². The van der Waals surface area contributed by atoms with Crippen LogP contribution >= 0.6 is 0 Å². The summed E-state index contributed by atoms with van der Waals surface area (Å²) in [7, 11) is 0. The number of nitriles is 3. The van der Waals surface area contributed by atoms with Gasteiger partial charge in [-0.3, -0.25) is 0 Å². The maximum Gasteiger partial charge on any atom is 0.0998 e. The molecule has 50 heavy (non-hydrogen) atoms. The van der Waals surface area contributed by atoms with E-state index in [2.05, 4.69) is 106 Å². The Bertz CT molecular complexity index is 2970. The zero-order valence-electron chi connectivity index (χ0n) is 26.7. The number of aromatic nitrogens is 2. The highest BCUT2D eigenvalue weighted by atomic mass is 15.0. The van der Waals surface area contributed by atoms with Gasteiger partial charge in [0.25, 0.3) is 0 Å². The molecule has 2 aromatic heterocycles. The van der Waals surface area contributed by atoms with Crippen LogP contribution in [0.2, 0.25) is 0 Å². The first-order chi connectivity index (χ1) is 24.7. The summed E-state index contributed by atoms with van der Waals surface area (Å²) in [6, 6.07) is 57.9. The van der Waals surface area contributed by atoms with Crippen LogP contribution < -0.4 is 0 Å². The summed E-state index contributed by atoms with van der Waals surface area (Å²) in [5, 5.41) is 33.6. The molecule has 0 radical (unpaired) electrons. The van der Waals surface area contributed by atoms with Crippen LogP contribution in [-0.4, -0.2) is 9.13 Å². The molecule has 0 aliphatic rings. The van der Waals surface area contributed by atoms with E-state index < -0.39 is 0 Å². The molecule has 0 atom stereocenters. The number of nitrogens with zero attached hydrogens (tertiary/aromatic N) is 5. The van der Waals surface area contributed by atoms with Crippen molar-refractivity contribution >= 4 is 43.6 Å². The Morgan fingerprint density at radius 3 is 1.82 bits per heavy atom. The van der Waals surface area contributed by atoms with Gasteiger partial charge < -0.3 is 9.13 Å². The van der Waals surface area contributed by atoms with Crippen LogP contribution in [0.3, 0.4) is 0 Å². The lowest BCUT2D eigenvalue weighted by atomic mass is 9.96. The molecule has 0 amide bonds. The lowest BCUT2D eigenvalue weighted by Gasteiger charge is -2.16. The van der Waals surface area contributed by atoms with Crippen LogP contribution in [0.15, 0.2) is 152 Å². The number of para-hydroxylation sites is 2. The van der Waals surface area contributed by atoms with Crippen LogP contribution in [0.1, 0.15) is 16.7 Å². The summed E-state index contributed by atoms with van der Waals surface area (Å²) in [6.07, 6.45) is 0. The summed E-state index contributed by atoms with van der Waals surface area (Å²) in [5.41, 5.74) is 11.8. The Morgan fingerprint density at radius 1 is 0.400 bits per heavy atom. The van der Waals surface area contributed by atoms with Gasteiger partial charge in [-0.1, -0.05) is 72.8 Å². The first kappa shape index (κ1) is 28.8. The minimum atomic E-state index is 0.576. The van der Waals surface area contributed by atoms with Gasteiger partial charge in [0, 0.05) is 32.8 Å². The quantitative estimate of drug-likeness (QED) is 0.193. The number of benzene rings is 7. The van der Waals surface area contributed by atoms with Crippen molar-refractivity contribution in [1.29, 1.82) is 15.8 Å². The van der Waals surface area contributed by atoms with Crippen LogP contribution in [0, 0.1) is 34.0 Å². The van der Waals surface area contributed by atoms with Crippen molar-refractivity contribution < 1.29 is 0 Å². The maximum absolute atomic E-state index is 9.96. The average Bonchev–Trinajstić information content (AvgIpc) is 3.70. The van der Waals surface area contributed by atoms with Gasteiger partial charge in [0.1, 0.15) is 0 Å². The van der Waals surface area contributed by atoms with E-state index in [-0.39, 0.29) is 0 Å². The Labute approximate surface area is 287 Å². The molecule has 0 aliphatic carbocycles. The fraction of sp³-hybridized carbons (Fsp3) is 0. The first-order valence-corrected chi connectivity index (χ1v) is 16.3. The Kier molecular flexibility index (Phi) is 6.56. The second-order valence-corrected chi connectivity index (χ2v) is 12.3. The van der Waals surface area contributed by atoms with E-state index in [1.54, 1.807) is 0 Å². The van der Waals surface area contributed by atoms with E-state index in [0.29, 0.717) is 16.7 Å². The molecule has 7 aromatic carbocycles. The monoisotopic (exact) mass is 635 g/mol. The zero-order valence-corrected chi connectivity index (χ0v) is 26.7. The molecule has 0 fully saturated rings. The van der Waals surface area contributed by atoms with Crippen LogP contribution in [0.25, 0.3) is 77.2 Å². The predicted molar refractivity (Wildman–Crippen MR) is 200 cm³/mol. The maximum atomic E-state index is 9.96. The number of fused-ring (bicyclic) bond motifs is 6. The van der Waals surface area contributed by atoms with E-state index in [1.165, 1.54) is 0 Å². The van der Waals surface area contributed by atoms with Crippen molar-refractivity contribution in [2.24, 2.45) is 0 Å². The summed E-state index contributed by atoms with van der Waals surface area (Å²) < 4.78 is 4.46. The van der Waals surface area contributed by atoms with Crippen molar-refractivity contribution in [2.45, 2.75) is 0 Å². The van der Waals surface area contributed by atoms with Crippen LogP contribution in [0.4, 0.5) is 0 Å². The van der Waals surface area contributed by atoms with Crippen LogP contribution in [0.5, 0.6) is 0 Å². The van der Waals surface area contributed by atoms with Gasteiger partial charge in [-0.15, -0.1) is 0 Å². The molecule has 0 saturated heterocycles. The Morgan fingerprint density at radius 2 is 1.02 bits per heavy atom. The largest absolute Gasteiger partial charge is 0.309 e. The fourth-order valence-electron chi connectivity index (χ4n) is 7.42. The van der Waals surface area contributed by atoms with Gasteiger partial charge in [0.05, 0.1) is 62.7 Å². The number of hydrogen-bond acceptors (Lipinski definition) is 3. The van der Waals surface area contributed by atoms with Gasteiger partial charge >= 0.3 is 0 Å². The second kappa shape index (κ2) is 11.4. The number of rotatable bonds is 4. The lowest BCUT2D eigenvalue weighted by molar-refractivity contribution is 1.18. The molecule has 9 rings (SSSR count). The predicted octanol–water partition coefficient (Wildman–Crippen LogP) is 10.8. The zero-order chi connectivity index (χ0) is 33.8. The third-order valence-corrected chi connectivity index (χ3v) is 9.60. The lowest BCUT2D eigenvalue weighted by Crippen LogP contribution is -1.98. The van der Waals surface area contributed by atoms with Gasteiger partial charge in [0.15, 0.2) is 0 Å². The van der Waals surface area contributed by atoms with E-state index in [0.717, 1.165) is 77.2 Å². The molecule has 9 aromatic rings. The van der Waals surface area contributed by atoms with Crippen LogP contribution in [-0.2, 0) is 0 Å². The minimum Gasteiger partial charge on any atom is -0.309 e. The summed E-state index contributed by atoms with van der Waals surface area (Å²) >= 11 is 0. The average molecular weight is 636 g/mol. The van der Waals surface area contributed by atoms with E-state index in [9.17, 15) is 15.8 Å². The van der Waals surface area contributed by atoms with Crippen molar-refractivity contribution in [1.82, 2.24) is 9.13 Å². The van der Waals surface area contributed by atoms with Crippen molar-refractivity contribution in [2.75, 3.05) is 0 Å². The Hall–Kier alpha value is -7.39. The standard InChI is InChI=1S/C45H25N5/c46-26-29-18-20-42(50-40-15-3-1-13-36(40)39-23-30(27-47)19-21-43(39)50)38(22-29)33-10-5-8-31(24-33)32-9-6-12-35(25-32)49-41-16-4-2-14-37(41)45-34(28-48)11-7-17-44(45)49/h1-25H. The molecule has 5 heteroatoms.